The van der Waals surface area contributed by atoms with Crippen molar-refractivity contribution in [2.24, 2.45) is 0 Å². The van der Waals surface area contributed by atoms with E-state index in [9.17, 15) is 23.3 Å². The first-order chi connectivity index (χ1) is 14.6. The SMILES string of the molecule is C[C@H](NC(=O)CCCN(c1cccc([N+](=O)[O-])c1)S(C)(=O)=O)c1ccc2c(c1)CCC2. The second-order valence-electron chi connectivity index (χ2n) is 7.89. The van der Waals surface area contributed by atoms with E-state index in [0.29, 0.717) is 6.42 Å². The molecule has 8 nitrogen and oxygen atoms in total. The number of benzene rings is 2. The fourth-order valence-electron chi connectivity index (χ4n) is 3.89. The van der Waals surface area contributed by atoms with Gasteiger partial charge in [-0.15, -0.1) is 0 Å². The van der Waals surface area contributed by atoms with Crippen molar-refractivity contribution in [3.8, 4) is 0 Å². The van der Waals surface area contributed by atoms with E-state index >= 15 is 0 Å². The molecule has 0 fully saturated rings. The lowest BCUT2D eigenvalue weighted by atomic mass is 10.0. The minimum Gasteiger partial charge on any atom is -0.350 e. The Labute approximate surface area is 182 Å². The van der Waals surface area contributed by atoms with Gasteiger partial charge in [-0.2, -0.15) is 0 Å². The number of hydrogen-bond donors (Lipinski definition) is 1. The van der Waals surface area contributed by atoms with Gasteiger partial charge in [-0.3, -0.25) is 19.2 Å². The molecule has 1 aliphatic carbocycles. The molecule has 0 heterocycles. The molecule has 0 unspecified atom stereocenters. The Kier molecular flexibility index (Phi) is 6.94. The number of sulfonamides is 1. The number of hydrogen-bond acceptors (Lipinski definition) is 5. The number of fused-ring (bicyclic) bond motifs is 1. The number of carbonyl (C=O) groups is 1. The molecule has 2 aromatic carbocycles. The van der Waals surface area contributed by atoms with Gasteiger partial charge in [-0.05, 0) is 55.4 Å². The topological polar surface area (TPSA) is 110 Å². The number of carbonyl (C=O) groups excluding carboxylic acids is 1. The highest BCUT2D eigenvalue weighted by Crippen LogP contribution is 2.26. The number of non-ortho nitro benzene ring substituents is 1. The van der Waals surface area contributed by atoms with Gasteiger partial charge in [-0.1, -0.05) is 24.3 Å². The number of rotatable bonds is 9. The third kappa shape index (κ3) is 5.81. The van der Waals surface area contributed by atoms with Gasteiger partial charge in [0.2, 0.25) is 15.9 Å². The third-order valence-electron chi connectivity index (χ3n) is 5.49. The van der Waals surface area contributed by atoms with Crippen LogP contribution in [-0.4, -0.2) is 32.0 Å². The number of amides is 1. The standard InChI is InChI=1S/C22H27N3O5S/c1-16(18-12-11-17-6-3-7-19(17)14-18)23-22(26)10-5-13-24(31(2,29)30)20-8-4-9-21(15-20)25(27)28/h4,8-9,11-12,14-16H,3,5-7,10,13H2,1-2H3,(H,23,26)/t16-/m0/s1. The lowest BCUT2D eigenvalue weighted by molar-refractivity contribution is -0.384. The Bertz CT molecular complexity index is 1080. The van der Waals surface area contributed by atoms with Gasteiger partial charge in [0.05, 0.1) is 22.9 Å². The van der Waals surface area contributed by atoms with Crippen LogP contribution in [0.25, 0.3) is 0 Å². The lowest BCUT2D eigenvalue weighted by Crippen LogP contribution is -2.32. The molecular weight excluding hydrogens is 418 g/mol. The van der Waals surface area contributed by atoms with Crippen LogP contribution in [0.1, 0.15) is 48.9 Å². The van der Waals surface area contributed by atoms with Crippen molar-refractivity contribution < 1.29 is 18.1 Å². The third-order valence-corrected chi connectivity index (χ3v) is 6.69. The summed E-state index contributed by atoms with van der Waals surface area (Å²) in [5, 5.41) is 14.0. The molecule has 1 N–H and O–H groups in total. The van der Waals surface area contributed by atoms with Crippen LogP contribution in [0, 0.1) is 10.1 Å². The summed E-state index contributed by atoms with van der Waals surface area (Å²) in [4.78, 5) is 22.8. The van der Waals surface area contributed by atoms with Crippen LogP contribution in [0.3, 0.4) is 0 Å². The maximum Gasteiger partial charge on any atom is 0.271 e. The average Bonchev–Trinajstić information content (AvgIpc) is 3.18. The molecule has 1 amide bonds. The second kappa shape index (κ2) is 9.47. The summed E-state index contributed by atoms with van der Waals surface area (Å²) in [7, 11) is -3.65. The predicted octanol–water partition coefficient (Wildman–Crippen LogP) is 3.51. The maximum absolute atomic E-state index is 12.4. The molecule has 9 heteroatoms. The van der Waals surface area contributed by atoms with Gasteiger partial charge in [0.25, 0.3) is 5.69 Å². The summed E-state index contributed by atoms with van der Waals surface area (Å²) in [5.74, 6) is -0.166. The summed E-state index contributed by atoms with van der Waals surface area (Å²) in [5.41, 5.74) is 3.81. The molecule has 3 rings (SSSR count). The van der Waals surface area contributed by atoms with Gasteiger partial charge in [0.15, 0.2) is 0 Å². The Hall–Kier alpha value is -2.94. The predicted molar refractivity (Wildman–Crippen MR) is 120 cm³/mol. The van der Waals surface area contributed by atoms with Gasteiger partial charge in [0, 0.05) is 25.1 Å². The number of nitro benzene ring substituents is 1. The van der Waals surface area contributed by atoms with E-state index in [0.717, 1.165) is 29.0 Å². The van der Waals surface area contributed by atoms with Crippen LogP contribution in [0.5, 0.6) is 0 Å². The minimum absolute atomic E-state index is 0.0562. The smallest absolute Gasteiger partial charge is 0.271 e. The number of nitrogens with zero attached hydrogens (tertiary/aromatic N) is 2. The largest absolute Gasteiger partial charge is 0.350 e. The number of anilines is 1. The van der Waals surface area contributed by atoms with E-state index in [-0.39, 0.29) is 36.3 Å². The molecule has 0 bridgehead atoms. The maximum atomic E-state index is 12.4. The molecular formula is C22H27N3O5S. The van der Waals surface area contributed by atoms with Crippen molar-refractivity contribution in [2.45, 2.75) is 45.1 Å². The summed E-state index contributed by atoms with van der Waals surface area (Å²) in [6, 6.07) is 11.7. The second-order valence-corrected chi connectivity index (χ2v) is 9.79. The van der Waals surface area contributed by atoms with E-state index in [4.69, 9.17) is 0 Å². The van der Waals surface area contributed by atoms with E-state index in [2.05, 4.69) is 17.4 Å². The summed E-state index contributed by atoms with van der Waals surface area (Å²) >= 11 is 0. The van der Waals surface area contributed by atoms with Gasteiger partial charge in [-0.25, -0.2) is 8.42 Å². The molecule has 1 aliphatic rings. The average molecular weight is 446 g/mol. The Morgan fingerprint density at radius 3 is 2.65 bits per heavy atom. The molecule has 1 atom stereocenters. The van der Waals surface area contributed by atoms with Crippen molar-refractivity contribution in [1.82, 2.24) is 5.32 Å². The molecule has 0 saturated carbocycles. The first-order valence-electron chi connectivity index (χ1n) is 10.3. The molecule has 2 aromatic rings. The molecule has 0 aliphatic heterocycles. The van der Waals surface area contributed by atoms with Crippen LogP contribution in [0.4, 0.5) is 11.4 Å². The van der Waals surface area contributed by atoms with Crippen molar-refractivity contribution >= 4 is 27.3 Å². The lowest BCUT2D eigenvalue weighted by Gasteiger charge is -2.22. The highest BCUT2D eigenvalue weighted by atomic mass is 32.2. The van der Waals surface area contributed by atoms with E-state index in [1.807, 2.05) is 13.0 Å². The molecule has 0 radical (unpaired) electrons. The van der Waals surface area contributed by atoms with E-state index in [1.54, 1.807) is 0 Å². The first-order valence-corrected chi connectivity index (χ1v) is 12.1. The minimum atomic E-state index is -3.65. The summed E-state index contributed by atoms with van der Waals surface area (Å²) in [6.45, 7) is 1.99. The molecule has 0 spiro atoms. The van der Waals surface area contributed by atoms with Crippen LogP contribution >= 0.6 is 0 Å². The Morgan fingerprint density at radius 2 is 1.94 bits per heavy atom. The Balaban J connectivity index is 1.58. The normalized spacial score (nSPS) is 14.0. The molecule has 0 saturated heterocycles. The fourth-order valence-corrected chi connectivity index (χ4v) is 4.85. The van der Waals surface area contributed by atoms with Crippen molar-refractivity contribution in [3.63, 3.8) is 0 Å². The molecule has 0 aromatic heterocycles. The molecule has 166 valence electrons. The van der Waals surface area contributed by atoms with Gasteiger partial charge in [0.1, 0.15) is 0 Å². The summed E-state index contributed by atoms with van der Waals surface area (Å²) < 4.78 is 25.5. The van der Waals surface area contributed by atoms with Crippen LogP contribution in [-0.2, 0) is 27.7 Å². The molecule has 31 heavy (non-hydrogen) atoms. The number of aryl methyl sites for hydroxylation is 2. The number of nitro groups is 1. The summed E-state index contributed by atoms with van der Waals surface area (Å²) in [6.07, 6.45) is 4.83. The van der Waals surface area contributed by atoms with Gasteiger partial charge >= 0.3 is 0 Å². The highest BCUT2D eigenvalue weighted by Gasteiger charge is 2.20. The number of nitrogens with one attached hydrogen (secondary N) is 1. The monoisotopic (exact) mass is 445 g/mol. The fraction of sp³-hybridized carbons (Fsp3) is 0.409. The van der Waals surface area contributed by atoms with Gasteiger partial charge < -0.3 is 5.32 Å². The highest BCUT2D eigenvalue weighted by molar-refractivity contribution is 7.92. The van der Waals surface area contributed by atoms with Crippen molar-refractivity contribution in [2.75, 3.05) is 17.1 Å². The Morgan fingerprint density at radius 1 is 1.19 bits per heavy atom. The quantitative estimate of drug-likeness (QED) is 0.469. The van der Waals surface area contributed by atoms with E-state index in [1.165, 1.54) is 41.8 Å². The van der Waals surface area contributed by atoms with Crippen molar-refractivity contribution in [1.29, 1.82) is 0 Å². The zero-order valence-corrected chi connectivity index (χ0v) is 18.5. The zero-order valence-electron chi connectivity index (χ0n) is 17.7. The van der Waals surface area contributed by atoms with Crippen molar-refractivity contribution in [3.05, 3.63) is 69.3 Å². The first kappa shape index (κ1) is 22.7. The van der Waals surface area contributed by atoms with Crippen LogP contribution in [0.15, 0.2) is 42.5 Å². The van der Waals surface area contributed by atoms with E-state index < -0.39 is 14.9 Å². The van der Waals surface area contributed by atoms with Crippen LogP contribution in [0.2, 0.25) is 0 Å². The van der Waals surface area contributed by atoms with Crippen LogP contribution < -0.4 is 9.62 Å². The zero-order chi connectivity index (χ0) is 22.6.